The molecule has 0 saturated heterocycles. The number of hydrogen-bond donors (Lipinski definition) is 2. The summed E-state index contributed by atoms with van der Waals surface area (Å²) in [6.45, 7) is 2.29. The number of alkyl halides is 1. The second-order valence-electron chi connectivity index (χ2n) is 8.46. The van der Waals surface area contributed by atoms with Crippen LogP contribution in [-0.4, -0.2) is 9.41 Å². The van der Waals surface area contributed by atoms with E-state index in [2.05, 4.69) is 44.7 Å². The highest BCUT2D eigenvalue weighted by atomic mass is 127. The Kier molecular flexibility index (Phi) is 22.4. The minimum atomic E-state index is 0. The Morgan fingerprint density at radius 2 is 1.18 bits per heavy atom. The van der Waals surface area contributed by atoms with Crippen molar-refractivity contribution in [2.75, 3.05) is 15.9 Å². The molecule has 0 bridgehead atoms. The number of azo groups is 1. The number of hydrogen-bond acceptors (Lipinski definition) is 5. The van der Waals surface area contributed by atoms with Crippen LogP contribution in [-0.2, 0) is 0 Å². The maximum absolute atomic E-state index is 5.64. The summed E-state index contributed by atoms with van der Waals surface area (Å²) >= 11 is 2.48. The van der Waals surface area contributed by atoms with Gasteiger partial charge < -0.3 is 11.5 Å². The van der Waals surface area contributed by atoms with E-state index in [9.17, 15) is 0 Å². The van der Waals surface area contributed by atoms with Crippen molar-refractivity contribution in [3.8, 4) is 0 Å². The van der Waals surface area contributed by atoms with Crippen LogP contribution in [0.2, 0.25) is 0 Å². The summed E-state index contributed by atoms with van der Waals surface area (Å²) in [6.07, 6.45) is 20.5. The zero-order chi connectivity index (χ0) is 24.0. The number of aromatic nitrogens is 1. The van der Waals surface area contributed by atoms with Crippen LogP contribution in [0.5, 0.6) is 0 Å². The lowest BCUT2D eigenvalue weighted by molar-refractivity contribution is 0.539. The second-order valence-corrected chi connectivity index (χ2v) is 9.54. The summed E-state index contributed by atoms with van der Waals surface area (Å²) < 4.78 is 1.34. The van der Waals surface area contributed by atoms with E-state index in [1.165, 1.54) is 94.3 Å². The van der Waals surface area contributed by atoms with Crippen molar-refractivity contribution in [2.45, 2.75) is 96.8 Å². The molecule has 192 valence electrons. The smallest absolute Gasteiger partial charge is 0.153 e. The van der Waals surface area contributed by atoms with E-state index >= 15 is 0 Å². The van der Waals surface area contributed by atoms with Crippen LogP contribution in [0.3, 0.4) is 0 Å². The maximum atomic E-state index is 5.64. The highest BCUT2D eigenvalue weighted by Crippen LogP contribution is 2.23. The normalized spacial score (nSPS) is 10.5. The van der Waals surface area contributed by atoms with Gasteiger partial charge in [0.1, 0.15) is 11.5 Å². The highest BCUT2D eigenvalue weighted by Gasteiger charge is 1.99. The molecular formula is C27H45ClIN5. The van der Waals surface area contributed by atoms with Crippen molar-refractivity contribution in [3.63, 3.8) is 0 Å². The van der Waals surface area contributed by atoms with Crippen LogP contribution in [0.25, 0.3) is 0 Å². The quantitative estimate of drug-likeness (QED) is 0.0868. The summed E-state index contributed by atoms with van der Waals surface area (Å²) in [6, 6.07) is 12.7. The molecule has 7 heteroatoms. The summed E-state index contributed by atoms with van der Waals surface area (Å²) in [4.78, 5) is 3.89. The van der Waals surface area contributed by atoms with E-state index in [1.807, 2.05) is 30.3 Å². The Hall–Kier alpha value is -1.41. The molecule has 0 aliphatic rings. The SMILES string of the molecule is CCCCCCCCCCCCCCCCI.Cl.Nc1ccc(/N=N/c2ccccc2)c(N)n1. The van der Waals surface area contributed by atoms with Gasteiger partial charge in [-0.2, -0.15) is 5.11 Å². The van der Waals surface area contributed by atoms with Gasteiger partial charge >= 0.3 is 0 Å². The predicted molar refractivity (Wildman–Crippen MR) is 160 cm³/mol. The van der Waals surface area contributed by atoms with Crippen LogP contribution >= 0.6 is 35.0 Å². The monoisotopic (exact) mass is 601 g/mol. The van der Waals surface area contributed by atoms with Gasteiger partial charge in [0, 0.05) is 0 Å². The van der Waals surface area contributed by atoms with Gasteiger partial charge in [-0.05, 0) is 35.1 Å². The molecule has 2 aromatic rings. The standard InChI is InChI=1S/C16H33I.C11H11N5.ClH/c1-2-3-4-5-6-7-8-9-10-11-12-13-14-15-16-17;12-10-7-6-9(11(13)14-10)16-15-8-4-2-1-3-5-8;/h2-16H2,1H3;1-7H,(H4,12,13,14);1H/b;16-15+;. The molecule has 4 N–H and O–H groups in total. The molecule has 0 amide bonds. The molecule has 0 aliphatic carbocycles. The molecule has 1 aromatic heterocycles. The molecular weight excluding hydrogens is 557 g/mol. The van der Waals surface area contributed by atoms with Gasteiger partial charge in [0.25, 0.3) is 0 Å². The molecule has 2 rings (SSSR count). The van der Waals surface area contributed by atoms with Crippen LogP contribution in [0, 0.1) is 0 Å². The van der Waals surface area contributed by atoms with Crippen molar-refractivity contribution in [3.05, 3.63) is 42.5 Å². The Bertz CT molecular complexity index is 729. The average Bonchev–Trinajstić information content (AvgIpc) is 2.83. The van der Waals surface area contributed by atoms with Crippen molar-refractivity contribution < 1.29 is 0 Å². The van der Waals surface area contributed by atoms with Gasteiger partial charge in [-0.1, -0.05) is 131 Å². The Morgan fingerprint density at radius 3 is 1.65 bits per heavy atom. The van der Waals surface area contributed by atoms with Gasteiger partial charge in [-0.3, -0.25) is 0 Å². The zero-order valence-corrected chi connectivity index (χ0v) is 23.9. The Labute approximate surface area is 227 Å². The van der Waals surface area contributed by atoms with E-state index in [1.54, 1.807) is 12.1 Å². The second kappa shape index (κ2) is 23.3. The number of benzene rings is 1. The van der Waals surface area contributed by atoms with Gasteiger partial charge in [0.15, 0.2) is 5.82 Å². The summed E-state index contributed by atoms with van der Waals surface area (Å²) in [5, 5.41) is 8.03. The van der Waals surface area contributed by atoms with Crippen molar-refractivity contribution in [1.29, 1.82) is 0 Å². The van der Waals surface area contributed by atoms with Crippen molar-refractivity contribution in [2.24, 2.45) is 10.2 Å². The first-order chi connectivity index (χ1) is 16.2. The van der Waals surface area contributed by atoms with Crippen LogP contribution in [0.1, 0.15) is 96.8 Å². The van der Waals surface area contributed by atoms with Crippen molar-refractivity contribution >= 4 is 58.0 Å². The Balaban J connectivity index is 0.000000622. The van der Waals surface area contributed by atoms with E-state index < -0.39 is 0 Å². The first-order valence-corrected chi connectivity index (χ1v) is 14.2. The third-order valence-corrected chi connectivity index (χ3v) is 6.20. The van der Waals surface area contributed by atoms with E-state index in [4.69, 9.17) is 11.5 Å². The van der Waals surface area contributed by atoms with Gasteiger partial charge in [-0.15, -0.1) is 17.5 Å². The fraction of sp³-hybridized carbons (Fsp3) is 0.593. The lowest BCUT2D eigenvalue weighted by Crippen LogP contribution is -1.95. The fourth-order valence-corrected chi connectivity index (χ4v) is 4.00. The number of pyridine rings is 1. The maximum Gasteiger partial charge on any atom is 0.153 e. The lowest BCUT2D eigenvalue weighted by Gasteiger charge is -2.02. The fourth-order valence-electron chi connectivity index (χ4n) is 3.46. The highest BCUT2D eigenvalue weighted by molar-refractivity contribution is 14.1. The van der Waals surface area contributed by atoms with Gasteiger partial charge in [0.2, 0.25) is 0 Å². The molecule has 0 saturated carbocycles. The minimum absolute atomic E-state index is 0. The largest absolute Gasteiger partial charge is 0.384 e. The topological polar surface area (TPSA) is 89.6 Å². The molecule has 0 spiro atoms. The number of nitrogen functional groups attached to an aromatic ring is 2. The molecule has 0 unspecified atom stereocenters. The molecule has 34 heavy (non-hydrogen) atoms. The number of nitrogens with zero attached hydrogens (tertiary/aromatic N) is 3. The van der Waals surface area contributed by atoms with E-state index in [-0.39, 0.29) is 18.2 Å². The number of unbranched alkanes of at least 4 members (excludes halogenated alkanes) is 13. The number of halogens is 2. The van der Waals surface area contributed by atoms with E-state index in [0.29, 0.717) is 11.5 Å². The third kappa shape index (κ3) is 18.0. The Morgan fingerprint density at radius 1 is 0.676 bits per heavy atom. The number of anilines is 2. The van der Waals surface area contributed by atoms with Crippen LogP contribution < -0.4 is 11.5 Å². The third-order valence-electron chi connectivity index (χ3n) is 5.44. The average molecular weight is 602 g/mol. The van der Waals surface area contributed by atoms with E-state index in [0.717, 1.165) is 5.69 Å². The number of nitrogens with two attached hydrogens (primary N) is 2. The van der Waals surface area contributed by atoms with Gasteiger partial charge in [0.05, 0.1) is 5.69 Å². The number of rotatable bonds is 16. The lowest BCUT2D eigenvalue weighted by atomic mass is 10.0. The molecule has 0 atom stereocenters. The first-order valence-electron chi connectivity index (χ1n) is 12.7. The van der Waals surface area contributed by atoms with Gasteiger partial charge in [-0.25, -0.2) is 4.98 Å². The van der Waals surface area contributed by atoms with Crippen molar-refractivity contribution in [1.82, 2.24) is 4.98 Å². The summed E-state index contributed by atoms with van der Waals surface area (Å²) in [5.74, 6) is 0.649. The summed E-state index contributed by atoms with van der Waals surface area (Å²) in [5.41, 5.74) is 12.4. The minimum Gasteiger partial charge on any atom is -0.384 e. The molecule has 0 fully saturated rings. The van der Waals surface area contributed by atoms with Crippen LogP contribution in [0.15, 0.2) is 52.7 Å². The first kappa shape index (κ1) is 32.6. The molecule has 5 nitrogen and oxygen atoms in total. The molecule has 1 aromatic carbocycles. The molecule has 0 aliphatic heterocycles. The predicted octanol–water partition coefficient (Wildman–Crippen LogP) is 9.99. The molecule has 1 heterocycles. The summed E-state index contributed by atoms with van der Waals surface area (Å²) in [7, 11) is 0. The van der Waals surface area contributed by atoms with Crippen LogP contribution in [0.4, 0.5) is 23.0 Å². The zero-order valence-electron chi connectivity index (χ0n) is 20.9. The molecule has 0 radical (unpaired) electrons.